The third-order valence-electron chi connectivity index (χ3n) is 2.72. The van der Waals surface area contributed by atoms with Crippen molar-refractivity contribution in [1.82, 2.24) is 0 Å². The van der Waals surface area contributed by atoms with Crippen molar-refractivity contribution >= 4 is 29.2 Å². The number of nitro groups is 1. The van der Waals surface area contributed by atoms with E-state index in [4.69, 9.17) is 0 Å². The molecule has 0 bridgehead atoms. The van der Waals surface area contributed by atoms with Crippen molar-refractivity contribution in [2.24, 2.45) is 5.10 Å². The van der Waals surface area contributed by atoms with Gasteiger partial charge in [-0.05, 0) is 29.8 Å². The van der Waals surface area contributed by atoms with Crippen molar-refractivity contribution in [3.63, 3.8) is 0 Å². The molecule has 0 unspecified atom stereocenters. The van der Waals surface area contributed by atoms with Gasteiger partial charge in [-0.3, -0.25) is 20.3 Å². The van der Waals surface area contributed by atoms with Crippen molar-refractivity contribution < 1.29 is 9.72 Å². The van der Waals surface area contributed by atoms with Gasteiger partial charge in [-0.1, -0.05) is 12.1 Å². The molecule has 0 aliphatic carbocycles. The van der Waals surface area contributed by atoms with E-state index in [1.807, 2.05) is 12.1 Å². The van der Waals surface area contributed by atoms with E-state index >= 15 is 0 Å². The molecule has 0 aromatic heterocycles. The predicted molar refractivity (Wildman–Crippen MR) is 85.1 cm³/mol. The van der Waals surface area contributed by atoms with Crippen LogP contribution in [0.3, 0.4) is 0 Å². The first kappa shape index (κ1) is 15.2. The van der Waals surface area contributed by atoms with E-state index in [1.54, 1.807) is 30.5 Å². The summed E-state index contributed by atoms with van der Waals surface area (Å²) in [4.78, 5) is 21.0. The molecule has 0 saturated heterocycles. The smallest absolute Gasteiger partial charge is 0.269 e. The number of nitrogens with one attached hydrogen (secondary N) is 2. The Balaban J connectivity index is 1.94. The summed E-state index contributed by atoms with van der Waals surface area (Å²) in [6, 6.07) is 13.1. The highest BCUT2D eigenvalue weighted by atomic mass is 16.6. The maximum atomic E-state index is 10.9. The minimum Gasteiger partial charge on any atom is -0.326 e. The molecule has 2 N–H and O–H groups in total. The lowest BCUT2D eigenvalue weighted by molar-refractivity contribution is -0.384. The second-order valence-electron chi connectivity index (χ2n) is 4.48. The molecule has 22 heavy (non-hydrogen) atoms. The number of carbonyl (C=O) groups is 1. The maximum absolute atomic E-state index is 10.9. The third-order valence-corrected chi connectivity index (χ3v) is 2.72. The van der Waals surface area contributed by atoms with Gasteiger partial charge in [0, 0.05) is 24.7 Å². The number of hydrogen-bond donors (Lipinski definition) is 2. The van der Waals surface area contributed by atoms with E-state index in [2.05, 4.69) is 15.8 Å². The van der Waals surface area contributed by atoms with Gasteiger partial charge in [-0.25, -0.2) is 0 Å². The lowest BCUT2D eigenvalue weighted by Gasteiger charge is -2.02. The Hall–Kier alpha value is -3.22. The summed E-state index contributed by atoms with van der Waals surface area (Å²) in [5, 5.41) is 17.3. The average molecular weight is 298 g/mol. The number of nitro benzene ring substituents is 1. The Kier molecular flexibility index (Phi) is 4.81. The number of carbonyl (C=O) groups excluding carboxylic acids is 1. The number of hydrogen-bond acceptors (Lipinski definition) is 5. The van der Waals surface area contributed by atoms with Crippen molar-refractivity contribution in [3.8, 4) is 0 Å². The Morgan fingerprint density at radius 1 is 1.09 bits per heavy atom. The summed E-state index contributed by atoms with van der Waals surface area (Å²) in [7, 11) is 0. The van der Waals surface area contributed by atoms with Crippen LogP contribution in [-0.2, 0) is 4.79 Å². The molecule has 112 valence electrons. The SMILES string of the molecule is CC(=O)Nc1ccc(C=NNc2ccc([N+](=O)[O-])cc2)cc1. The van der Waals surface area contributed by atoms with Crippen LogP contribution in [-0.4, -0.2) is 17.0 Å². The largest absolute Gasteiger partial charge is 0.326 e. The van der Waals surface area contributed by atoms with Crippen LogP contribution in [0.1, 0.15) is 12.5 Å². The highest BCUT2D eigenvalue weighted by Crippen LogP contribution is 2.15. The summed E-state index contributed by atoms with van der Waals surface area (Å²) in [6.45, 7) is 1.45. The topological polar surface area (TPSA) is 96.6 Å². The molecule has 7 heteroatoms. The Labute approximate surface area is 126 Å². The van der Waals surface area contributed by atoms with Gasteiger partial charge in [0.2, 0.25) is 5.91 Å². The Bertz CT molecular complexity index is 694. The van der Waals surface area contributed by atoms with Crippen LogP contribution in [0.5, 0.6) is 0 Å². The zero-order valence-corrected chi connectivity index (χ0v) is 11.8. The van der Waals surface area contributed by atoms with Crippen LogP contribution in [0, 0.1) is 10.1 Å². The number of benzene rings is 2. The molecular weight excluding hydrogens is 284 g/mol. The lowest BCUT2D eigenvalue weighted by Crippen LogP contribution is -2.05. The van der Waals surface area contributed by atoms with Crippen molar-refractivity contribution in [2.45, 2.75) is 6.92 Å². The van der Waals surface area contributed by atoms with E-state index < -0.39 is 4.92 Å². The molecule has 0 spiro atoms. The van der Waals surface area contributed by atoms with E-state index in [1.165, 1.54) is 19.1 Å². The number of non-ortho nitro benzene ring substituents is 1. The summed E-state index contributed by atoms with van der Waals surface area (Å²) in [5.74, 6) is -0.124. The molecule has 0 radical (unpaired) electrons. The summed E-state index contributed by atoms with van der Waals surface area (Å²) >= 11 is 0. The summed E-state index contributed by atoms with van der Waals surface area (Å²) in [5.41, 5.74) is 5.03. The molecule has 2 aromatic carbocycles. The van der Waals surface area contributed by atoms with Crippen LogP contribution >= 0.6 is 0 Å². The molecule has 7 nitrogen and oxygen atoms in total. The number of amides is 1. The van der Waals surface area contributed by atoms with Crippen LogP contribution in [0.15, 0.2) is 53.6 Å². The van der Waals surface area contributed by atoms with Crippen molar-refractivity contribution in [1.29, 1.82) is 0 Å². The molecule has 2 rings (SSSR count). The van der Waals surface area contributed by atoms with Gasteiger partial charge >= 0.3 is 0 Å². The second-order valence-corrected chi connectivity index (χ2v) is 4.48. The zero-order chi connectivity index (χ0) is 15.9. The molecule has 2 aromatic rings. The summed E-state index contributed by atoms with van der Waals surface area (Å²) < 4.78 is 0. The standard InChI is InChI=1S/C15H14N4O3/c1-11(20)17-13-4-2-12(3-5-13)10-16-18-14-6-8-15(9-7-14)19(21)22/h2-10,18H,1H3,(H,17,20). The maximum Gasteiger partial charge on any atom is 0.269 e. The van der Waals surface area contributed by atoms with Gasteiger partial charge in [0.05, 0.1) is 16.8 Å². The minimum absolute atomic E-state index is 0.0306. The first-order valence-electron chi connectivity index (χ1n) is 6.46. The molecule has 1 amide bonds. The van der Waals surface area contributed by atoms with E-state index in [-0.39, 0.29) is 11.6 Å². The summed E-state index contributed by atoms with van der Waals surface area (Å²) in [6.07, 6.45) is 1.61. The fraction of sp³-hybridized carbons (Fsp3) is 0.0667. The molecule has 0 heterocycles. The quantitative estimate of drug-likeness (QED) is 0.503. The monoisotopic (exact) mass is 298 g/mol. The van der Waals surface area contributed by atoms with Gasteiger partial charge in [0.15, 0.2) is 0 Å². The van der Waals surface area contributed by atoms with Crippen molar-refractivity contribution in [3.05, 3.63) is 64.2 Å². The molecule has 0 saturated carbocycles. The highest BCUT2D eigenvalue weighted by molar-refractivity contribution is 5.89. The van der Waals surface area contributed by atoms with Crippen LogP contribution < -0.4 is 10.7 Å². The number of nitrogens with zero attached hydrogens (tertiary/aromatic N) is 2. The van der Waals surface area contributed by atoms with Gasteiger partial charge in [0.1, 0.15) is 0 Å². The second kappa shape index (κ2) is 6.98. The third kappa shape index (κ3) is 4.41. The first-order chi connectivity index (χ1) is 10.5. The molecule has 0 aliphatic rings. The van der Waals surface area contributed by atoms with Gasteiger partial charge in [0.25, 0.3) is 5.69 Å². The Morgan fingerprint density at radius 2 is 1.68 bits per heavy atom. The average Bonchev–Trinajstić information content (AvgIpc) is 2.49. The molecular formula is C15H14N4O3. The van der Waals surface area contributed by atoms with Crippen LogP contribution in [0.2, 0.25) is 0 Å². The van der Waals surface area contributed by atoms with Crippen LogP contribution in [0.25, 0.3) is 0 Å². The fourth-order valence-corrected chi connectivity index (χ4v) is 1.69. The van der Waals surface area contributed by atoms with Crippen molar-refractivity contribution in [2.75, 3.05) is 10.7 Å². The molecule has 0 atom stereocenters. The number of hydrazone groups is 1. The highest BCUT2D eigenvalue weighted by Gasteiger charge is 2.02. The van der Waals surface area contributed by atoms with E-state index in [9.17, 15) is 14.9 Å². The molecule has 0 fully saturated rings. The molecule has 0 aliphatic heterocycles. The number of anilines is 2. The normalized spacial score (nSPS) is 10.4. The van der Waals surface area contributed by atoms with E-state index in [0.29, 0.717) is 11.4 Å². The van der Waals surface area contributed by atoms with Gasteiger partial charge in [-0.2, -0.15) is 5.10 Å². The van der Waals surface area contributed by atoms with E-state index in [0.717, 1.165) is 5.56 Å². The fourth-order valence-electron chi connectivity index (χ4n) is 1.69. The van der Waals surface area contributed by atoms with Gasteiger partial charge < -0.3 is 5.32 Å². The number of rotatable bonds is 5. The lowest BCUT2D eigenvalue weighted by atomic mass is 10.2. The minimum atomic E-state index is -0.455. The first-order valence-corrected chi connectivity index (χ1v) is 6.46. The van der Waals surface area contributed by atoms with Crippen LogP contribution in [0.4, 0.5) is 17.1 Å². The Morgan fingerprint density at radius 3 is 2.23 bits per heavy atom. The van der Waals surface area contributed by atoms with Gasteiger partial charge in [-0.15, -0.1) is 0 Å². The zero-order valence-electron chi connectivity index (χ0n) is 11.8. The predicted octanol–water partition coefficient (Wildman–Crippen LogP) is 3.00.